The van der Waals surface area contributed by atoms with Gasteiger partial charge in [0.1, 0.15) is 11.6 Å². The molecule has 3 aromatic rings. The Labute approximate surface area is 181 Å². The Kier molecular flexibility index (Phi) is 6.03. The van der Waals surface area contributed by atoms with Crippen LogP contribution in [0.15, 0.2) is 11.0 Å². The van der Waals surface area contributed by atoms with Gasteiger partial charge in [-0.2, -0.15) is 58.3 Å². The molecule has 0 aliphatic carbocycles. The van der Waals surface area contributed by atoms with E-state index in [1.807, 2.05) is 5.10 Å². The van der Waals surface area contributed by atoms with Gasteiger partial charge in [0.15, 0.2) is 5.69 Å². The number of H-pyrrole nitrogens is 1. The topological polar surface area (TPSA) is 119 Å². The van der Waals surface area contributed by atoms with Crippen LogP contribution in [0.5, 0.6) is 0 Å². The monoisotopic (exact) mass is 527 g/mol. The Bertz CT molecular complexity index is 1360. The van der Waals surface area contributed by atoms with E-state index < -0.39 is 74.5 Å². The molecule has 1 N–H and O–H groups in total. The molecule has 182 valence electrons. The molecule has 0 bridgehead atoms. The van der Waals surface area contributed by atoms with Crippen molar-refractivity contribution >= 4 is 26.4 Å². The second-order valence-corrected chi connectivity index (χ2v) is 9.10. The van der Waals surface area contributed by atoms with Gasteiger partial charge in [-0.1, -0.05) is 11.3 Å². The lowest BCUT2D eigenvalue weighted by Crippen LogP contribution is -2.38. The SMILES string of the molecule is CS(=O)(=O)OCc1nn2c(=O)c(-c3c[nH]nc3CC(F)(F)C(F)(F)F)c(C(F)(F)F)nc2s1. The van der Waals surface area contributed by atoms with Gasteiger partial charge in [-0.25, -0.2) is 4.98 Å². The van der Waals surface area contributed by atoms with Crippen LogP contribution in [0.1, 0.15) is 16.4 Å². The zero-order chi connectivity index (χ0) is 25.0. The predicted molar refractivity (Wildman–Crippen MR) is 94.1 cm³/mol. The lowest BCUT2D eigenvalue weighted by molar-refractivity contribution is -0.281. The summed E-state index contributed by atoms with van der Waals surface area (Å²) in [5.74, 6) is -5.36. The quantitative estimate of drug-likeness (QED) is 0.387. The number of rotatable bonds is 6. The zero-order valence-corrected chi connectivity index (χ0v) is 17.4. The van der Waals surface area contributed by atoms with E-state index in [4.69, 9.17) is 0 Å². The van der Waals surface area contributed by atoms with E-state index in [9.17, 15) is 48.3 Å². The van der Waals surface area contributed by atoms with E-state index in [1.54, 1.807) is 0 Å². The number of alkyl halides is 8. The molecular weight excluding hydrogens is 518 g/mol. The molecule has 3 rings (SSSR count). The van der Waals surface area contributed by atoms with Crippen LogP contribution in [0.3, 0.4) is 0 Å². The lowest BCUT2D eigenvalue weighted by Gasteiger charge is -2.19. The molecule has 3 heterocycles. The fraction of sp³-hybridized carbons (Fsp3) is 0.429. The number of nitrogens with zero attached hydrogens (tertiary/aromatic N) is 4. The molecule has 0 saturated heterocycles. The molecule has 0 fully saturated rings. The second kappa shape index (κ2) is 7.97. The summed E-state index contributed by atoms with van der Waals surface area (Å²) >= 11 is 0.365. The Morgan fingerprint density at radius 1 is 1.15 bits per heavy atom. The number of hydrogen-bond acceptors (Lipinski definition) is 8. The van der Waals surface area contributed by atoms with Crippen molar-refractivity contribution in [3.63, 3.8) is 0 Å². The van der Waals surface area contributed by atoms with E-state index in [0.29, 0.717) is 28.3 Å². The molecule has 9 nitrogen and oxygen atoms in total. The highest BCUT2D eigenvalue weighted by atomic mass is 32.2. The predicted octanol–water partition coefficient (Wildman–Crippen LogP) is 2.78. The van der Waals surface area contributed by atoms with Crippen molar-refractivity contribution in [2.45, 2.75) is 31.3 Å². The van der Waals surface area contributed by atoms with Crippen LogP contribution in [0, 0.1) is 0 Å². The molecular formula is C14H9F8N5O4S2. The molecule has 3 aromatic heterocycles. The van der Waals surface area contributed by atoms with E-state index in [2.05, 4.69) is 19.4 Å². The third kappa shape index (κ3) is 5.13. The van der Waals surface area contributed by atoms with Crippen LogP contribution in [0.2, 0.25) is 0 Å². The summed E-state index contributed by atoms with van der Waals surface area (Å²) in [5.41, 5.74) is -6.97. The van der Waals surface area contributed by atoms with Gasteiger partial charge in [-0.05, 0) is 0 Å². The summed E-state index contributed by atoms with van der Waals surface area (Å²) in [5, 5.41) is 8.32. The molecule has 19 heteroatoms. The first-order valence-electron chi connectivity index (χ1n) is 8.22. The highest BCUT2D eigenvalue weighted by Crippen LogP contribution is 2.41. The van der Waals surface area contributed by atoms with Gasteiger partial charge in [-0.3, -0.25) is 14.1 Å². The normalized spacial score (nSPS) is 13.7. The fourth-order valence-electron chi connectivity index (χ4n) is 2.53. The number of aromatic amines is 1. The van der Waals surface area contributed by atoms with Gasteiger partial charge >= 0.3 is 18.3 Å². The first kappa shape index (κ1) is 25.0. The molecule has 0 aliphatic heterocycles. The molecule has 0 radical (unpaired) electrons. The summed E-state index contributed by atoms with van der Waals surface area (Å²) in [7, 11) is -3.98. The number of fused-ring (bicyclic) bond motifs is 1. The average Bonchev–Trinajstić information content (AvgIpc) is 3.24. The van der Waals surface area contributed by atoms with Crippen LogP contribution in [0.25, 0.3) is 16.1 Å². The van der Waals surface area contributed by atoms with Crippen LogP contribution >= 0.6 is 11.3 Å². The highest BCUT2D eigenvalue weighted by Gasteiger charge is 2.58. The van der Waals surface area contributed by atoms with Crippen LogP contribution in [0.4, 0.5) is 35.1 Å². The van der Waals surface area contributed by atoms with Crippen LogP contribution in [-0.4, -0.2) is 51.6 Å². The summed E-state index contributed by atoms with van der Waals surface area (Å²) < 4.78 is 132. The summed E-state index contributed by atoms with van der Waals surface area (Å²) in [4.78, 5) is 15.4. The molecule has 33 heavy (non-hydrogen) atoms. The molecule has 0 spiro atoms. The summed E-state index contributed by atoms with van der Waals surface area (Å²) in [6, 6.07) is 0. The Balaban J connectivity index is 2.20. The molecule has 0 unspecified atom stereocenters. The minimum Gasteiger partial charge on any atom is -0.285 e. The van der Waals surface area contributed by atoms with Gasteiger partial charge in [0, 0.05) is 11.8 Å². The van der Waals surface area contributed by atoms with Gasteiger partial charge in [-0.15, -0.1) is 0 Å². The third-order valence-corrected chi connectivity index (χ3v) is 5.34. The zero-order valence-electron chi connectivity index (χ0n) is 15.8. The first-order chi connectivity index (χ1) is 14.9. The Morgan fingerprint density at radius 3 is 2.33 bits per heavy atom. The minimum atomic E-state index is -6.03. The van der Waals surface area contributed by atoms with E-state index in [-0.39, 0.29) is 5.01 Å². The van der Waals surface area contributed by atoms with Gasteiger partial charge in [0.05, 0.1) is 23.9 Å². The van der Waals surface area contributed by atoms with Crippen molar-refractivity contribution in [2.24, 2.45) is 0 Å². The number of nitrogens with one attached hydrogen (secondary N) is 1. The van der Waals surface area contributed by atoms with Crippen molar-refractivity contribution in [1.29, 1.82) is 0 Å². The van der Waals surface area contributed by atoms with Gasteiger partial charge in [0.25, 0.3) is 15.7 Å². The highest BCUT2D eigenvalue weighted by molar-refractivity contribution is 7.85. The lowest BCUT2D eigenvalue weighted by atomic mass is 10.0. The van der Waals surface area contributed by atoms with E-state index in [0.717, 1.165) is 0 Å². The first-order valence-corrected chi connectivity index (χ1v) is 10.9. The minimum absolute atomic E-state index is 0.286. The van der Waals surface area contributed by atoms with Crippen molar-refractivity contribution in [2.75, 3.05) is 6.26 Å². The second-order valence-electron chi connectivity index (χ2n) is 6.42. The van der Waals surface area contributed by atoms with Crippen molar-refractivity contribution < 1.29 is 47.7 Å². The fourth-order valence-corrected chi connectivity index (χ4v) is 3.73. The molecule has 0 aliphatic rings. The Morgan fingerprint density at radius 2 is 1.79 bits per heavy atom. The summed E-state index contributed by atoms with van der Waals surface area (Å²) in [6.07, 6.45) is -12.3. The largest absolute Gasteiger partial charge is 0.453 e. The maximum Gasteiger partial charge on any atom is 0.453 e. The maximum absolute atomic E-state index is 13.6. The van der Waals surface area contributed by atoms with Gasteiger partial charge < -0.3 is 0 Å². The molecule has 0 amide bonds. The van der Waals surface area contributed by atoms with E-state index >= 15 is 0 Å². The third-order valence-electron chi connectivity index (χ3n) is 3.91. The number of aromatic nitrogens is 5. The maximum atomic E-state index is 13.6. The smallest absolute Gasteiger partial charge is 0.285 e. The molecule has 0 aromatic carbocycles. The number of halogens is 8. The molecule has 0 atom stereocenters. The van der Waals surface area contributed by atoms with Crippen molar-refractivity contribution in [3.8, 4) is 11.1 Å². The number of hydrogen-bond donors (Lipinski definition) is 1. The van der Waals surface area contributed by atoms with Crippen molar-refractivity contribution in [1.82, 2.24) is 24.8 Å². The van der Waals surface area contributed by atoms with Crippen molar-refractivity contribution in [3.05, 3.63) is 32.9 Å². The average molecular weight is 527 g/mol. The Hall–Kier alpha value is -2.67. The summed E-state index contributed by atoms with van der Waals surface area (Å²) in [6.45, 7) is -0.752. The standard InChI is InChI=1S/C14H9F8N5O4S2/c1-33(29,30)31-4-7-26-27-10(28)8(9(13(17,18)19)24-11(27)32-7)5-3-23-25-6(5)2-12(15,16)14(20,21)22/h3H,2,4H2,1H3,(H,23,25). The van der Waals surface area contributed by atoms with E-state index in [1.165, 1.54) is 0 Å². The van der Waals surface area contributed by atoms with Gasteiger partial charge in [0.2, 0.25) is 4.96 Å². The molecule has 0 saturated carbocycles. The van der Waals surface area contributed by atoms with Crippen LogP contribution in [-0.2, 0) is 33.5 Å². The van der Waals surface area contributed by atoms with Crippen LogP contribution < -0.4 is 5.56 Å².